The normalized spacial score (nSPS) is 28.7. The number of rotatable bonds is 8. The minimum absolute atomic E-state index is 0.00753. The number of fused-ring (bicyclic) bond motifs is 2. The fraction of sp³-hybridized carbons (Fsp3) is 0.500. The van der Waals surface area contributed by atoms with Crippen LogP contribution in [0.4, 0.5) is 8.78 Å². The van der Waals surface area contributed by atoms with E-state index in [1.807, 2.05) is 0 Å². The maximum Gasteiger partial charge on any atom is 0.296 e. The molecule has 2 unspecified atom stereocenters. The van der Waals surface area contributed by atoms with Crippen LogP contribution in [0.25, 0.3) is 11.2 Å². The zero-order chi connectivity index (χ0) is 26.4. The first-order valence-electron chi connectivity index (χ1n) is 12.0. The zero-order valence-electron chi connectivity index (χ0n) is 19.8. The van der Waals surface area contributed by atoms with Gasteiger partial charge in [-0.1, -0.05) is 11.6 Å². The van der Waals surface area contributed by atoms with Crippen LogP contribution in [-0.2, 0) is 20.8 Å². The summed E-state index contributed by atoms with van der Waals surface area (Å²) in [7, 11) is 0. The minimum atomic E-state index is -0.864. The number of benzene rings is 1. The van der Waals surface area contributed by atoms with Crippen LogP contribution in [0.2, 0.25) is 5.02 Å². The van der Waals surface area contributed by atoms with E-state index in [2.05, 4.69) is 15.0 Å². The molecule has 0 aliphatic carbocycles. The average molecular weight is 556 g/mol. The second-order valence-electron chi connectivity index (χ2n) is 9.32. The summed E-state index contributed by atoms with van der Waals surface area (Å²) in [4.78, 5) is 11.5. The van der Waals surface area contributed by atoms with Gasteiger partial charge in [0, 0.05) is 18.6 Å². The molecule has 3 aliphatic heterocycles. The van der Waals surface area contributed by atoms with Crippen LogP contribution in [0.5, 0.6) is 17.6 Å². The maximum absolute atomic E-state index is 14.6. The Morgan fingerprint density at radius 3 is 2.55 bits per heavy atom. The molecule has 0 saturated carbocycles. The fourth-order valence-corrected chi connectivity index (χ4v) is 4.86. The van der Waals surface area contributed by atoms with Crippen molar-refractivity contribution in [2.45, 2.75) is 49.7 Å². The van der Waals surface area contributed by atoms with Crippen molar-refractivity contribution in [1.82, 2.24) is 15.0 Å². The summed E-state index contributed by atoms with van der Waals surface area (Å²) in [5.74, 6) is -1.81. The number of aliphatic hydroxyl groups is 2. The summed E-state index contributed by atoms with van der Waals surface area (Å²) in [6.45, 7) is 0.183. The number of aromatic amines is 1. The molecule has 204 valence electrons. The van der Waals surface area contributed by atoms with Crippen LogP contribution in [-0.4, -0.2) is 88.2 Å². The minimum Gasteiger partial charge on any atom is -0.491 e. The molecule has 6 rings (SSSR count). The number of nitrogens with zero attached hydrogens (tertiary/aromatic N) is 2. The van der Waals surface area contributed by atoms with E-state index in [9.17, 15) is 19.0 Å². The van der Waals surface area contributed by atoms with E-state index in [1.165, 1.54) is 6.07 Å². The molecule has 3 aromatic rings. The molecule has 0 spiro atoms. The van der Waals surface area contributed by atoms with Crippen LogP contribution in [0, 0.1) is 11.6 Å². The van der Waals surface area contributed by atoms with Crippen LogP contribution in [0.1, 0.15) is 12.0 Å². The first-order chi connectivity index (χ1) is 18.3. The molecule has 3 aliphatic rings. The summed E-state index contributed by atoms with van der Waals surface area (Å²) in [5, 5.41) is 19.5. The third-order valence-corrected chi connectivity index (χ3v) is 6.85. The van der Waals surface area contributed by atoms with Gasteiger partial charge in [0.05, 0.1) is 43.1 Å². The molecule has 2 aromatic heterocycles. The molecule has 14 heteroatoms. The van der Waals surface area contributed by atoms with Gasteiger partial charge in [-0.25, -0.2) is 8.78 Å². The van der Waals surface area contributed by atoms with E-state index in [1.54, 1.807) is 0 Å². The monoisotopic (exact) mass is 555 g/mol. The highest BCUT2D eigenvalue weighted by Crippen LogP contribution is 2.32. The smallest absolute Gasteiger partial charge is 0.296 e. The van der Waals surface area contributed by atoms with Gasteiger partial charge in [0.25, 0.3) is 6.01 Å². The molecular weight excluding hydrogens is 532 g/mol. The third-order valence-electron chi connectivity index (χ3n) is 6.58. The number of pyridine rings is 1. The molecule has 5 heterocycles. The molecule has 3 N–H and O–H groups in total. The number of H-pyrrole nitrogens is 1. The number of nitrogens with one attached hydrogen (secondary N) is 1. The molecule has 0 radical (unpaired) electrons. The first kappa shape index (κ1) is 25.5. The lowest BCUT2D eigenvalue weighted by atomic mass is 10.1. The Balaban J connectivity index is 1.10. The van der Waals surface area contributed by atoms with Crippen molar-refractivity contribution >= 4 is 22.8 Å². The lowest BCUT2D eigenvalue weighted by Gasteiger charge is -2.15. The van der Waals surface area contributed by atoms with Crippen LogP contribution < -0.4 is 14.2 Å². The molecule has 0 bridgehead atoms. The molecule has 3 saturated heterocycles. The second-order valence-corrected chi connectivity index (χ2v) is 9.73. The van der Waals surface area contributed by atoms with Crippen LogP contribution >= 0.6 is 11.6 Å². The number of halogens is 3. The lowest BCUT2D eigenvalue weighted by Crippen LogP contribution is -2.34. The van der Waals surface area contributed by atoms with Gasteiger partial charge in [0.2, 0.25) is 5.88 Å². The van der Waals surface area contributed by atoms with Crippen LogP contribution in [0.15, 0.2) is 18.2 Å². The topological polar surface area (TPSA) is 137 Å². The van der Waals surface area contributed by atoms with Crippen LogP contribution in [0.3, 0.4) is 0 Å². The lowest BCUT2D eigenvalue weighted by molar-refractivity contribution is 0.00706. The van der Waals surface area contributed by atoms with E-state index in [-0.39, 0.29) is 66.4 Å². The molecule has 11 nitrogen and oxygen atoms in total. The predicted octanol–water partition coefficient (Wildman–Crippen LogP) is 1.90. The van der Waals surface area contributed by atoms with E-state index in [0.29, 0.717) is 11.9 Å². The molecular formula is C24H24ClF2N3O8. The van der Waals surface area contributed by atoms with Crippen molar-refractivity contribution in [3.05, 3.63) is 40.4 Å². The third kappa shape index (κ3) is 5.09. The largest absolute Gasteiger partial charge is 0.491 e. The van der Waals surface area contributed by atoms with Gasteiger partial charge in [0.1, 0.15) is 53.9 Å². The van der Waals surface area contributed by atoms with Crippen molar-refractivity contribution in [1.29, 1.82) is 0 Å². The molecule has 0 amide bonds. The average Bonchev–Trinajstić information content (AvgIpc) is 3.64. The number of hydrogen-bond donors (Lipinski definition) is 3. The fourth-order valence-electron chi connectivity index (χ4n) is 4.66. The second kappa shape index (κ2) is 10.4. The quantitative estimate of drug-likeness (QED) is 0.378. The first-order valence-corrected chi connectivity index (χ1v) is 12.4. The number of imidazole rings is 1. The highest BCUT2D eigenvalue weighted by atomic mass is 35.5. The summed E-state index contributed by atoms with van der Waals surface area (Å²) in [5.41, 5.74) is 0.340. The SMILES string of the molecule is O[C@@H]1CO[C@H](COc2cc(F)c(COc3nc4nc(O[C@@H]5COC6C5OC[C@H]6O)[nH]c4cc3Cl)c(F)c2)C1. The number of aromatic nitrogens is 3. The van der Waals surface area contributed by atoms with E-state index >= 15 is 0 Å². The Hall–Kier alpha value is -2.81. The van der Waals surface area contributed by atoms with E-state index in [0.717, 1.165) is 12.1 Å². The van der Waals surface area contributed by atoms with Crippen molar-refractivity contribution < 1.29 is 47.4 Å². The van der Waals surface area contributed by atoms with Crippen molar-refractivity contribution in [2.75, 3.05) is 26.4 Å². The number of aliphatic hydroxyl groups excluding tert-OH is 2. The Bertz CT molecular complexity index is 1310. The predicted molar refractivity (Wildman–Crippen MR) is 125 cm³/mol. The van der Waals surface area contributed by atoms with Crippen molar-refractivity contribution in [3.63, 3.8) is 0 Å². The summed E-state index contributed by atoms with van der Waals surface area (Å²) in [6.07, 6.45) is -2.56. The molecule has 6 atom stereocenters. The standard InChI is InChI=1S/C24H24ClF2N3O8/c25-14-4-17-22(30-24(28-17)38-19-9-36-20-18(32)8-35-21(19)20)29-23(14)37-7-13-15(26)2-11(3-16(13)27)34-6-12-1-10(31)5-33-12/h2-4,10,12,18-21,31-32H,1,5-9H2,(H,28,29,30)/t10-,12-,18+,19+,20?,21?/m0/s1. The highest BCUT2D eigenvalue weighted by Gasteiger charge is 2.48. The summed E-state index contributed by atoms with van der Waals surface area (Å²) >= 11 is 6.28. The molecule has 38 heavy (non-hydrogen) atoms. The van der Waals surface area contributed by atoms with Gasteiger partial charge in [-0.05, 0) is 6.07 Å². The summed E-state index contributed by atoms with van der Waals surface area (Å²) < 4.78 is 62.5. The van der Waals surface area contributed by atoms with E-state index < -0.39 is 48.8 Å². The maximum atomic E-state index is 14.6. The zero-order valence-corrected chi connectivity index (χ0v) is 20.6. The van der Waals surface area contributed by atoms with Gasteiger partial charge in [-0.3, -0.25) is 0 Å². The van der Waals surface area contributed by atoms with Gasteiger partial charge < -0.3 is 43.6 Å². The van der Waals surface area contributed by atoms with Gasteiger partial charge in [-0.2, -0.15) is 9.97 Å². The van der Waals surface area contributed by atoms with Crippen molar-refractivity contribution in [3.8, 4) is 17.6 Å². The van der Waals surface area contributed by atoms with E-state index in [4.69, 9.17) is 40.0 Å². The number of ether oxygens (including phenoxy) is 6. The molecule has 3 fully saturated rings. The Morgan fingerprint density at radius 1 is 1.00 bits per heavy atom. The highest BCUT2D eigenvalue weighted by molar-refractivity contribution is 6.32. The van der Waals surface area contributed by atoms with Gasteiger partial charge >= 0.3 is 0 Å². The molecule has 1 aromatic carbocycles. The Labute approximate surface area is 219 Å². The Morgan fingerprint density at radius 2 is 1.79 bits per heavy atom. The van der Waals surface area contributed by atoms with Gasteiger partial charge in [0.15, 0.2) is 11.8 Å². The number of hydrogen-bond acceptors (Lipinski definition) is 10. The summed E-state index contributed by atoms with van der Waals surface area (Å²) in [6, 6.07) is 3.75. The Kier molecular flexibility index (Phi) is 6.97. The van der Waals surface area contributed by atoms with Crippen molar-refractivity contribution in [2.24, 2.45) is 0 Å². The van der Waals surface area contributed by atoms with Gasteiger partial charge in [-0.15, -0.1) is 0 Å².